The highest BCUT2D eigenvalue weighted by Crippen LogP contribution is 2.27. The number of hydrogen-bond donors (Lipinski definition) is 2. The van der Waals surface area contributed by atoms with E-state index in [1.54, 1.807) is 7.11 Å². The summed E-state index contributed by atoms with van der Waals surface area (Å²) in [5.41, 5.74) is 6.09. The van der Waals surface area contributed by atoms with Crippen LogP contribution in [0.5, 0.6) is 5.75 Å². The van der Waals surface area contributed by atoms with Gasteiger partial charge in [-0.1, -0.05) is 12.1 Å². The van der Waals surface area contributed by atoms with Crippen LogP contribution in [0.4, 0.5) is 5.69 Å². The van der Waals surface area contributed by atoms with Gasteiger partial charge in [-0.2, -0.15) is 0 Å². The molecule has 0 saturated heterocycles. The van der Waals surface area contributed by atoms with Gasteiger partial charge < -0.3 is 15.0 Å². The van der Waals surface area contributed by atoms with E-state index < -0.39 is 0 Å². The fraction of sp³-hybridized carbons (Fsp3) is 0.250. The van der Waals surface area contributed by atoms with Gasteiger partial charge in [0.25, 0.3) is 0 Å². The van der Waals surface area contributed by atoms with Crippen molar-refractivity contribution in [1.29, 1.82) is 0 Å². The van der Waals surface area contributed by atoms with Crippen molar-refractivity contribution in [1.82, 2.24) is 4.98 Å². The average molecular weight is 322 g/mol. The minimum atomic E-state index is -0.0180. The number of ether oxygens (including phenoxy) is 1. The normalized spacial score (nSPS) is 10.8. The van der Waals surface area contributed by atoms with Gasteiger partial charge in [0.05, 0.1) is 13.5 Å². The van der Waals surface area contributed by atoms with E-state index in [0.717, 1.165) is 44.7 Å². The smallest absolute Gasteiger partial charge is 0.228 e. The van der Waals surface area contributed by atoms with Crippen molar-refractivity contribution in [3.8, 4) is 5.75 Å². The molecule has 24 heavy (non-hydrogen) atoms. The summed E-state index contributed by atoms with van der Waals surface area (Å²) in [5, 5.41) is 4.06. The average Bonchev–Trinajstić information content (AvgIpc) is 2.86. The van der Waals surface area contributed by atoms with E-state index in [1.807, 2.05) is 57.2 Å². The molecule has 0 aliphatic heterocycles. The van der Waals surface area contributed by atoms with Gasteiger partial charge in [-0.15, -0.1) is 0 Å². The summed E-state index contributed by atoms with van der Waals surface area (Å²) in [6.45, 7) is 6.01. The summed E-state index contributed by atoms with van der Waals surface area (Å²) in [4.78, 5) is 15.9. The molecule has 3 aromatic rings. The first-order valence-corrected chi connectivity index (χ1v) is 8.00. The lowest BCUT2D eigenvalue weighted by Crippen LogP contribution is -2.15. The second-order valence-electron chi connectivity index (χ2n) is 6.18. The number of carbonyl (C=O) groups excluding carboxylic acids is 1. The minimum Gasteiger partial charge on any atom is -0.497 e. The molecule has 0 saturated carbocycles. The molecule has 4 nitrogen and oxygen atoms in total. The van der Waals surface area contributed by atoms with Gasteiger partial charge in [0, 0.05) is 22.3 Å². The summed E-state index contributed by atoms with van der Waals surface area (Å²) < 4.78 is 5.30. The molecule has 1 heterocycles. The largest absolute Gasteiger partial charge is 0.497 e. The number of carbonyl (C=O) groups is 1. The Bertz CT molecular complexity index is 909. The van der Waals surface area contributed by atoms with E-state index in [4.69, 9.17) is 4.74 Å². The number of fused-ring (bicyclic) bond motifs is 1. The molecular formula is C20H22N2O2. The molecule has 0 atom stereocenters. The Morgan fingerprint density at radius 2 is 1.92 bits per heavy atom. The number of aromatic amines is 1. The van der Waals surface area contributed by atoms with Gasteiger partial charge in [-0.05, 0) is 61.7 Å². The molecule has 1 aromatic heterocycles. The van der Waals surface area contributed by atoms with Crippen LogP contribution in [0.2, 0.25) is 0 Å². The first kappa shape index (κ1) is 16.1. The van der Waals surface area contributed by atoms with E-state index in [0.29, 0.717) is 6.42 Å². The molecule has 0 unspecified atom stereocenters. The van der Waals surface area contributed by atoms with Crippen molar-refractivity contribution >= 4 is 22.5 Å². The molecule has 1 amide bonds. The molecule has 0 bridgehead atoms. The molecular weight excluding hydrogens is 300 g/mol. The molecule has 2 aromatic carbocycles. The lowest BCUT2D eigenvalue weighted by atomic mass is 10.1. The van der Waals surface area contributed by atoms with E-state index in [2.05, 4.69) is 10.3 Å². The zero-order chi connectivity index (χ0) is 17.3. The third-order valence-corrected chi connectivity index (χ3v) is 4.33. The number of anilines is 1. The van der Waals surface area contributed by atoms with E-state index in [1.165, 1.54) is 0 Å². The quantitative estimate of drug-likeness (QED) is 0.753. The second-order valence-corrected chi connectivity index (χ2v) is 6.18. The highest BCUT2D eigenvalue weighted by atomic mass is 16.5. The van der Waals surface area contributed by atoms with Gasteiger partial charge in [0.1, 0.15) is 5.75 Å². The minimum absolute atomic E-state index is 0.0180. The Morgan fingerprint density at radius 1 is 1.12 bits per heavy atom. The lowest BCUT2D eigenvalue weighted by molar-refractivity contribution is -0.115. The van der Waals surface area contributed by atoms with Gasteiger partial charge >= 0.3 is 0 Å². The van der Waals surface area contributed by atoms with Crippen LogP contribution in [0.25, 0.3) is 10.9 Å². The molecule has 2 N–H and O–H groups in total. The van der Waals surface area contributed by atoms with Crippen LogP contribution in [0.1, 0.15) is 22.4 Å². The molecule has 0 radical (unpaired) electrons. The first-order valence-electron chi connectivity index (χ1n) is 8.00. The lowest BCUT2D eigenvalue weighted by Gasteiger charge is -2.10. The summed E-state index contributed by atoms with van der Waals surface area (Å²) in [7, 11) is 1.65. The van der Waals surface area contributed by atoms with Crippen LogP contribution < -0.4 is 10.1 Å². The SMILES string of the molecule is COc1ccc2[nH]c(C)c(CC(=O)Nc3cc(C)ccc3C)c2c1. The van der Waals surface area contributed by atoms with Crippen molar-refractivity contribution < 1.29 is 9.53 Å². The topological polar surface area (TPSA) is 54.1 Å². The standard InChI is InChI=1S/C20H22N2O2/c1-12-5-6-13(2)19(9-12)22-20(23)11-16-14(3)21-18-8-7-15(24-4)10-17(16)18/h5-10,21H,11H2,1-4H3,(H,22,23). The molecule has 0 aliphatic rings. The number of methoxy groups -OCH3 is 1. The van der Waals surface area contributed by atoms with Crippen molar-refractivity contribution in [3.63, 3.8) is 0 Å². The molecule has 0 aliphatic carbocycles. The molecule has 3 rings (SSSR count). The Labute approximate surface area is 141 Å². The number of rotatable bonds is 4. The number of aryl methyl sites for hydroxylation is 3. The predicted octanol–water partition coefficient (Wildman–Crippen LogP) is 4.28. The van der Waals surface area contributed by atoms with Gasteiger partial charge in [-0.3, -0.25) is 4.79 Å². The van der Waals surface area contributed by atoms with E-state index in [9.17, 15) is 4.79 Å². The number of benzene rings is 2. The maximum Gasteiger partial charge on any atom is 0.228 e. The van der Waals surface area contributed by atoms with Crippen LogP contribution in [0, 0.1) is 20.8 Å². The zero-order valence-corrected chi connectivity index (χ0v) is 14.5. The molecule has 0 fully saturated rings. The number of aromatic nitrogens is 1. The van der Waals surface area contributed by atoms with Crippen LogP contribution >= 0.6 is 0 Å². The van der Waals surface area contributed by atoms with Crippen molar-refractivity contribution in [3.05, 3.63) is 58.8 Å². The molecule has 124 valence electrons. The third kappa shape index (κ3) is 3.13. The second kappa shape index (κ2) is 6.40. The van der Waals surface area contributed by atoms with Crippen LogP contribution in [-0.4, -0.2) is 18.0 Å². The first-order chi connectivity index (χ1) is 11.5. The number of H-pyrrole nitrogens is 1. The van der Waals surface area contributed by atoms with E-state index in [-0.39, 0.29) is 5.91 Å². The van der Waals surface area contributed by atoms with Gasteiger partial charge in [0.15, 0.2) is 0 Å². The highest BCUT2D eigenvalue weighted by molar-refractivity contribution is 5.97. The third-order valence-electron chi connectivity index (χ3n) is 4.33. The zero-order valence-electron chi connectivity index (χ0n) is 14.5. The van der Waals surface area contributed by atoms with Crippen LogP contribution in [0.3, 0.4) is 0 Å². The van der Waals surface area contributed by atoms with Crippen LogP contribution in [-0.2, 0) is 11.2 Å². The monoisotopic (exact) mass is 322 g/mol. The summed E-state index contributed by atoms with van der Waals surface area (Å²) in [6, 6.07) is 11.9. The summed E-state index contributed by atoms with van der Waals surface area (Å²) >= 11 is 0. The fourth-order valence-corrected chi connectivity index (χ4v) is 2.94. The Balaban J connectivity index is 1.87. The van der Waals surface area contributed by atoms with Gasteiger partial charge in [0.2, 0.25) is 5.91 Å². The Hall–Kier alpha value is -2.75. The van der Waals surface area contributed by atoms with Gasteiger partial charge in [-0.25, -0.2) is 0 Å². The predicted molar refractivity (Wildman–Crippen MR) is 97.8 cm³/mol. The maximum atomic E-state index is 12.5. The maximum absolute atomic E-state index is 12.5. The Morgan fingerprint density at radius 3 is 2.67 bits per heavy atom. The number of nitrogens with one attached hydrogen (secondary N) is 2. The summed E-state index contributed by atoms with van der Waals surface area (Å²) in [6.07, 6.45) is 0.326. The fourth-order valence-electron chi connectivity index (χ4n) is 2.94. The van der Waals surface area contributed by atoms with Crippen molar-refractivity contribution in [2.45, 2.75) is 27.2 Å². The number of hydrogen-bond acceptors (Lipinski definition) is 2. The summed E-state index contributed by atoms with van der Waals surface area (Å²) in [5.74, 6) is 0.771. The highest BCUT2D eigenvalue weighted by Gasteiger charge is 2.14. The van der Waals surface area contributed by atoms with Crippen LogP contribution in [0.15, 0.2) is 36.4 Å². The Kier molecular flexibility index (Phi) is 4.30. The molecule has 4 heteroatoms. The van der Waals surface area contributed by atoms with E-state index >= 15 is 0 Å². The molecule has 0 spiro atoms. The van der Waals surface area contributed by atoms with Crippen molar-refractivity contribution in [2.24, 2.45) is 0 Å². The van der Waals surface area contributed by atoms with Crippen molar-refractivity contribution in [2.75, 3.05) is 12.4 Å². The number of amides is 1.